The van der Waals surface area contributed by atoms with Gasteiger partial charge in [0.2, 0.25) is 5.91 Å². The quantitative estimate of drug-likeness (QED) is 0.794. The number of aliphatic hydroxyl groups is 1. The van der Waals surface area contributed by atoms with Crippen LogP contribution in [0.3, 0.4) is 0 Å². The minimum Gasteiger partial charge on any atom is -0.396 e. The average molecular weight is 332 g/mol. The number of hydrogen-bond donors (Lipinski definition) is 2. The van der Waals surface area contributed by atoms with E-state index in [1.807, 2.05) is 12.1 Å². The normalized spacial score (nSPS) is 26.1. The Kier molecular flexibility index (Phi) is 5.23. The number of nitrogens with zero attached hydrogens (tertiary/aromatic N) is 1. The molecular weight excluding hydrogens is 304 g/mol. The number of benzene rings is 1. The van der Waals surface area contributed by atoms with Crippen LogP contribution in [0.2, 0.25) is 0 Å². The lowest BCUT2D eigenvalue weighted by Gasteiger charge is -2.45. The van der Waals surface area contributed by atoms with Crippen molar-refractivity contribution in [1.82, 2.24) is 10.2 Å². The van der Waals surface area contributed by atoms with Crippen molar-refractivity contribution in [2.45, 2.75) is 50.9 Å². The number of hydrogen-bond acceptors (Lipinski definition) is 4. The Morgan fingerprint density at radius 2 is 1.83 bits per heavy atom. The minimum atomic E-state index is -0.536. The molecule has 2 N–H and O–H groups in total. The van der Waals surface area contributed by atoms with Gasteiger partial charge in [0.25, 0.3) is 0 Å². The number of morpholine rings is 1. The molecule has 1 aliphatic heterocycles. The summed E-state index contributed by atoms with van der Waals surface area (Å²) in [6.45, 7) is 6.30. The van der Waals surface area contributed by atoms with E-state index in [9.17, 15) is 4.79 Å². The predicted octanol–water partition coefficient (Wildman–Crippen LogP) is 1.13. The zero-order valence-electron chi connectivity index (χ0n) is 14.6. The van der Waals surface area contributed by atoms with Crippen LogP contribution in [0.25, 0.3) is 0 Å². The van der Waals surface area contributed by atoms with Crippen molar-refractivity contribution in [3.63, 3.8) is 0 Å². The number of carbonyl (C=O) groups excluding carboxylic acids is 1. The number of carbonyl (C=O) groups is 1. The summed E-state index contributed by atoms with van der Waals surface area (Å²) in [5.74, 6) is 0.0773. The van der Waals surface area contributed by atoms with Gasteiger partial charge in [-0.25, -0.2) is 0 Å². The molecule has 1 aromatic rings. The number of nitrogens with one attached hydrogen (secondary N) is 1. The number of fused-ring (bicyclic) bond motifs is 1. The molecule has 1 heterocycles. The van der Waals surface area contributed by atoms with E-state index in [2.05, 4.69) is 36.2 Å². The van der Waals surface area contributed by atoms with Crippen LogP contribution < -0.4 is 5.32 Å². The SMILES string of the molecule is C[C@@H]1CN(C2(C(=O)NCCCO)Cc3ccccc3C2)C[C@H](C)O1. The molecule has 0 unspecified atom stereocenters. The highest BCUT2D eigenvalue weighted by molar-refractivity contribution is 5.88. The molecule has 132 valence electrons. The van der Waals surface area contributed by atoms with Crippen LogP contribution in [-0.2, 0) is 22.4 Å². The van der Waals surface area contributed by atoms with Gasteiger partial charge in [-0.2, -0.15) is 0 Å². The van der Waals surface area contributed by atoms with Gasteiger partial charge in [-0.1, -0.05) is 24.3 Å². The molecule has 1 aliphatic carbocycles. The second-order valence-electron chi connectivity index (χ2n) is 7.15. The zero-order chi connectivity index (χ0) is 17.2. The third-order valence-corrected chi connectivity index (χ3v) is 5.15. The van der Waals surface area contributed by atoms with E-state index in [1.54, 1.807) is 0 Å². The summed E-state index contributed by atoms with van der Waals surface area (Å²) in [5, 5.41) is 12.0. The molecule has 0 saturated carbocycles. The summed E-state index contributed by atoms with van der Waals surface area (Å²) < 4.78 is 5.87. The predicted molar refractivity (Wildman–Crippen MR) is 92.9 cm³/mol. The topological polar surface area (TPSA) is 61.8 Å². The molecule has 24 heavy (non-hydrogen) atoms. The first-order valence-electron chi connectivity index (χ1n) is 8.91. The minimum absolute atomic E-state index is 0.0773. The molecular formula is C19H28N2O3. The Hall–Kier alpha value is -1.43. The largest absolute Gasteiger partial charge is 0.396 e. The smallest absolute Gasteiger partial charge is 0.241 e. The first kappa shape index (κ1) is 17.4. The van der Waals surface area contributed by atoms with Gasteiger partial charge in [0, 0.05) is 39.1 Å². The van der Waals surface area contributed by atoms with Crippen LogP contribution in [0.5, 0.6) is 0 Å². The van der Waals surface area contributed by atoms with Gasteiger partial charge in [0.15, 0.2) is 0 Å². The Balaban J connectivity index is 1.86. The molecule has 3 rings (SSSR count). The number of amides is 1. The summed E-state index contributed by atoms with van der Waals surface area (Å²) in [7, 11) is 0. The molecule has 0 spiro atoms. The number of aliphatic hydroxyl groups excluding tert-OH is 1. The number of rotatable bonds is 5. The second kappa shape index (κ2) is 7.21. The fourth-order valence-electron chi connectivity index (χ4n) is 4.10. The molecule has 0 radical (unpaired) electrons. The maximum atomic E-state index is 13.1. The van der Waals surface area contributed by atoms with E-state index in [-0.39, 0.29) is 24.7 Å². The Bertz CT molecular complexity index is 555. The molecule has 0 aromatic heterocycles. The maximum Gasteiger partial charge on any atom is 0.241 e. The second-order valence-corrected chi connectivity index (χ2v) is 7.15. The first-order valence-corrected chi connectivity index (χ1v) is 8.91. The van der Waals surface area contributed by atoms with Crippen molar-refractivity contribution in [1.29, 1.82) is 0 Å². The van der Waals surface area contributed by atoms with Crippen LogP contribution in [0.1, 0.15) is 31.4 Å². The summed E-state index contributed by atoms with van der Waals surface area (Å²) in [4.78, 5) is 15.5. The van der Waals surface area contributed by atoms with E-state index in [0.717, 1.165) is 25.9 Å². The summed E-state index contributed by atoms with van der Waals surface area (Å²) in [6, 6.07) is 8.35. The molecule has 2 aliphatic rings. The first-order chi connectivity index (χ1) is 11.5. The number of ether oxygens (including phenoxy) is 1. The van der Waals surface area contributed by atoms with Gasteiger partial charge in [0.1, 0.15) is 5.54 Å². The lowest BCUT2D eigenvalue weighted by Crippen LogP contribution is -2.64. The standard InChI is InChI=1S/C19H28N2O3/c1-14-12-21(13-15(2)24-14)19(18(23)20-8-5-9-22)10-16-6-3-4-7-17(16)11-19/h3-4,6-7,14-15,22H,5,8-13H2,1-2H3,(H,20,23)/t14-,15+. The van der Waals surface area contributed by atoms with E-state index < -0.39 is 5.54 Å². The summed E-state index contributed by atoms with van der Waals surface area (Å²) >= 11 is 0. The monoisotopic (exact) mass is 332 g/mol. The molecule has 1 saturated heterocycles. The molecule has 5 nitrogen and oxygen atoms in total. The van der Waals surface area contributed by atoms with Crippen LogP contribution >= 0.6 is 0 Å². The van der Waals surface area contributed by atoms with Gasteiger partial charge in [-0.05, 0) is 31.4 Å². The summed E-state index contributed by atoms with van der Waals surface area (Å²) in [6.07, 6.45) is 2.32. The van der Waals surface area contributed by atoms with Gasteiger partial charge in [0.05, 0.1) is 12.2 Å². The van der Waals surface area contributed by atoms with E-state index in [1.165, 1.54) is 11.1 Å². The zero-order valence-corrected chi connectivity index (χ0v) is 14.6. The van der Waals surface area contributed by atoms with Crippen LogP contribution in [0, 0.1) is 0 Å². The lowest BCUT2D eigenvalue weighted by molar-refractivity contribution is -0.144. The summed E-state index contributed by atoms with van der Waals surface area (Å²) in [5.41, 5.74) is 1.99. The average Bonchev–Trinajstić information content (AvgIpc) is 2.95. The highest BCUT2D eigenvalue weighted by Crippen LogP contribution is 2.36. The highest BCUT2D eigenvalue weighted by Gasteiger charge is 2.49. The van der Waals surface area contributed by atoms with Crippen molar-refractivity contribution in [3.8, 4) is 0 Å². The third kappa shape index (κ3) is 3.34. The Morgan fingerprint density at radius 1 is 1.25 bits per heavy atom. The van der Waals surface area contributed by atoms with Crippen molar-refractivity contribution >= 4 is 5.91 Å². The fraction of sp³-hybridized carbons (Fsp3) is 0.632. The van der Waals surface area contributed by atoms with Crippen LogP contribution in [0.4, 0.5) is 0 Å². The molecule has 2 atom stereocenters. The maximum absolute atomic E-state index is 13.1. The van der Waals surface area contributed by atoms with E-state index in [0.29, 0.717) is 13.0 Å². The highest BCUT2D eigenvalue weighted by atomic mass is 16.5. The van der Waals surface area contributed by atoms with E-state index in [4.69, 9.17) is 9.84 Å². The van der Waals surface area contributed by atoms with Crippen molar-refractivity contribution in [2.75, 3.05) is 26.2 Å². The molecule has 1 aromatic carbocycles. The van der Waals surface area contributed by atoms with Crippen LogP contribution in [0.15, 0.2) is 24.3 Å². The molecule has 0 bridgehead atoms. The Morgan fingerprint density at radius 3 is 2.38 bits per heavy atom. The lowest BCUT2D eigenvalue weighted by atomic mass is 9.90. The molecule has 1 amide bonds. The van der Waals surface area contributed by atoms with Crippen molar-refractivity contribution in [2.24, 2.45) is 0 Å². The van der Waals surface area contributed by atoms with Crippen molar-refractivity contribution in [3.05, 3.63) is 35.4 Å². The van der Waals surface area contributed by atoms with Crippen molar-refractivity contribution < 1.29 is 14.6 Å². The molecule has 1 fully saturated rings. The van der Waals surface area contributed by atoms with Gasteiger partial charge >= 0.3 is 0 Å². The van der Waals surface area contributed by atoms with Gasteiger partial charge < -0.3 is 15.2 Å². The van der Waals surface area contributed by atoms with Gasteiger partial charge in [-0.3, -0.25) is 9.69 Å². The fourth-order valence-corrected chi connectivity index (χ4v) is 4.10. The Labute approximate surface area is 144 Å². The molecule has 5 heteroatoms. The van der Waals surface area contributed by atoms with E-state index >= 15 is 0 Å². The van der Waals surface area contributed by atoms with Gasteiger partial charge in [-0.15, -0.1) is 0 Å². The van der Waals surface area contributed by atoms with Crippen LogP contribution in [-0.4, -0.2) is 59.9 Å². The third-order valence-electron chi connectivity index (χ3n) is 5.15.